The number of piperidine rings is 1. The Labute approximate surface area is 127 Å². The molecule has 1 saturated heterocycles. The fraction of sp³-hybridized carbons (Fsp3) is 0.333. The summed E-state index contributed by atoms with van der Waals surface area (Å²) in [6.07, 6.45) is 4.10. The van der Waals surface area contributed by atoms with Crippen LogP contribution in [0.4, 0.5) is 5.69 Å². The van der Waals surface area contributed by atoms with E-state index in [1.54, 1.807) is 0 Å². The predicted molar refractivity (Wildman–Crippen MR) is 81.0 cm³/mol. The molecule has 0 unspecified atom stereocenters. The van der Waals surface area contributed by atoms with Crippen LogP contribution in [0, 0.1) is 0 Å². The van der Waals surface area contributed by atoms with E-state index in [2.05, 4.69) is 15.0 Å². The number of rotatable bonds is 4. The molecular formula is C15H15N5O2. The fourth-order valence-corrected chi connectivity index (χ4v) is 2.48. The molecule has 0 atom stereocenters. The number of oxazole rings is 1. The molecule has 0 aliphatic carbocycles. The molecule has 2 heterocycles. The quantitative estimate of drug-likeness (QED) is 0.489. The second kappa shape index (κ2) is 6.32. The predicted octanol–water partition coefficient (Wildman–Crippen LogP) is 3.67. The van der Waals surface area contributed by atoms with Crippen molar-refractivity contribution in [1.29, 1.82) is 0 Å². The van der Waals surface area contributed by atoms with Crippen LogP contribution in [0.25, 0.3) is 21.9 Å². The van der Waals surface area contributed by atoms with Crippen LogP contribution < -0.4 is 4.90 Å². The molecule has 0 spiro atoms. The molecule has 112 valence electrons. The Morgan fingerprint density at radius 3 is 2.86 bits per heavy atom. The van der Waals surface area contributed by atoms with Gasteiger partial charge in [-0.05, 0) is 42.6 Å². The maximum Gasteiger partial charge on any atom is 0.226 e. The third-order valence-electron chi connectivity index (χ3n) is 3.60. The summed E-state index contributed by atoms with van der Waals surface area (Å²) in [4.78, 5) is 20.7. The van der Waals surface area contributed by atoms with Crippen LogP contribution in [-0.2, 0) is 11.3 Å². The molecule has 1 aliphatic rings. The molecule has 1 fully saturated rings. The minimum atomic E-state index is 0.167. The summed E-state index contributed by atoms with van der Waals surface area (Å²) in [5.41, 5.74) is 10.6. The lowest BCUT2D eigenvalue weighted by Crippen LogP contribution is -2.35. The van der Waals surface area contributed by atoms with Gasteiger partial charge in [0.1, 0.15) is 6.26 Å². The van der Waals surface area contributed by atoms with Crippen molar-refractivity contribution >= 4 is 11.6 Å². The van der Waals surface area contributed by atoms with Crippen LogP contribution in [0.3, 0.4) is 0 Å². The highest BCUT2D eigenvalue weighted by molar-refractivity contribution is 5.94. The third kappa shape index (κ3) is 2.94. The zero-order chi connectivity index (χ0) is 15.4. The van der Waals surface area contributed by atoms with E-state index in [1.807, 2.05) is 29.2 Å². The zero-order valence-electron chi connectivity index (χ0n) is 12.0. The van der Waals surface area contributed by atoms with Crippen molar-refractivity contribution in [2.45, 2.75) is 25.8 Å². The number of amides is 1. The van der Waals surface area contributed by atoms with Gasteiger partial charge in [-0.25, -0.2) is 4.98 Å². The average Bonchev–Trinajstić information content (AvgIpc) is 3.02. The summed E-state index contributed by atoms with van der Waals surface area (Å²) in [5, 5.41) is 3.45. The SMILES string of the molecule is [N-]=[N+]=NCc1coc(-c2ccc(N3CCCCC3=O)cc2)n1. The Hall–Kier alpha value is -2.79. The molecule has 1 aliphatic heterocycles. The van der Waals surface area contributed by atoms with Gasteiger partial charge >= 0.3 is 0 Å². The van der Waals surface area contributed by atoms with Crippen molar-refractivity contribution < 1.29 is 9.21 Å². The molecule has 7 heteroatoms. The van der Waals surface area contributed by atoms with Gasteiger partial charge in [0, 0.05) is 29.1 Å². The summed E-state index contributed by atoms with van der Waals surface area (Å²) >= 11 is 0. The summed E-state index contributed by atoms with van der Waals surface area (Å²) in [5.74, 6) is 0.645. The van der Waals surface area contributed by atoms with Gasteiger partial charge in [-0.15, -0.1) is 0 Å². The van der Waals surface area contributed by atoms with Gasteiger partial charge in [-0.2, -0.15) is 0 Å². The van der Waals surface area contributed by atoms with Gasteiger partial charge in [-0.1, -0.05) is 5.11 Å². The van der Waals surface area contributed by atoms with Gasteiger partial charge in [-0.3, -0.25) is 4.79 Å². The molecule has 22 heavy (non-hydrogen) atoms. The summed E-state index contributed by atoms with van der Waals surface area (Å²) in [6.45, 7) is 0.938. The van der Waals surface area contributed by atoms with Gasteiger partial charge < -0.3 is 9.32 Å². The van der Waals surface area contributed by atoms with Gasteiger partial charge in [0.15, 0.2) is 0 Å². The molecule has 1 aromatic carbocycles. The zero-order valence-corrected chi connectivity index (χ0v) is 12.0. The number of carbonyl (C=O) groups excluding carboxylic acids is 1. The first kappa shape index (κ1) is 14.2. The average molecular weight is 297 g/mol. The monoisotopic (exact) mass is 297 g/mol. The smallest absolute Gasteiger partial charge is 0.226 e. The highest BCUT2D eigenvalue weighted by Gasteiger charge is 2.19. The lowest BCUT2D eigenvalue weighted by molar-refractivity contribution is -0.119. The number of carbonyl (C=O) groups is 1. The van der Waals surface area contributed by atoms with E-state index in [4.69, 9.17) is 9.95 Å². The standard InChI is InChI=1S/C15H15N5O2/c16-19-17-9-12-10-22-15(18-12)11-4-6-13(7-5-11)20-8-2-1-3-14(20)21/h4-7,10H,1-3,8-9H2. The molecule has 1 amide bonds. The molecule has 0 bridgehead atoms. The number of hydrogen-bond acceptors (Lipinski definition) is 4. The third-order valence-corrected chi connectivity index (χ3v) is 3.60. The minimum absolute atomic E-state index is 0.167. The van der Waals surface area contributed by atoms with E-state index in [0.717, 1.165) is 30.6 Å². The normalized spacial score (nSPS) is 14.7. The van der Waals surface area contributed by atoms with Crippen molar-refractivity contribution in [2.24, 2.45) is 5.11 Å². The summed E-state index contributed by atoms with van der Waals surface area (Å²) in [6, 6.07) is 7.55. The first-order valence-corrected chi connectivity index (χ1v) is 7.14. The van der Waals surface area contributed by atoms with Crippen LogP contribution in [0.15, 0.2) is 40.1 Å². The molecule has 7 nitrogen and oxygen atoms in total. The van der Waals surface area contributed by atoms with Gasteiger partial charge in [0.05, 0.1) is 12.2 Å². The van der Waals surface area contributed by atoms with E-state index in [0.29, 0.717) is 18.0 Å². The van der Waals surface area contributed by atoms with E-state index >= 15 is 0 Å². The lowest BCUT2D eigenvalue weighted by atomic mass is 10.1. The number of azide groups is 1. The molecule has 3 rings (SSSR count). The fourth-order valence-electron chi connectivity index (χ4n) is 2.48. The Morgan fingerprint density at radius 1 is 1.32 bits per heavy atom. The second-order valence-corrected chi connectivity index (χ2v) is 5.08. The van der Waals surface area contributed by atoms with Crippen LogP contribution in [0.5, 0.6) is 0 Å². The number of nitrogens with zero attached hydrogens (tertiary/aromatic N) is 5. The van der Waals surface area contributed by atoms with Crippen LogP contribution >= 0.6 is 0 Å². The first-order valence-electron chi connectivity index (χ1n) is 7.14. The highest BCUT2D eigenvalue weighted by Crippen LogP contribution is 2.25. The highest BCUT2D eigenvalue weighted by atomic mass is 16.3. The Morgan fingerprint density at radius 2 is 2.14 bits per heavy atom. The van der Waals surface area contributed by atoms with Crippen molar-refractivity contribution in [2.75, 3.05) is 11.4 Å². The van der Waals surface area contributed by atoms with Crippen molar-refractivity contribution in [3.63, 3.8) is 0 Å². The Kier molecular flexibility index (Phi) is 4.07. The van der Waals surface area contributed by atoms with Gasteiger partial charge in [0.25, 0.3) is 0 Å². The number of anilines is 1. The molecule has 2 aromatic rings. The Bertz CT molecular complexity index is 716. The molecule has 0 radical (unpaired) electrons. The van der Waals surface area contributed by atoms with Gasteiger partial charge in [0.2, 0.25) is 11.8 Å². The largest absolute Gasteiger partial charge is 0.444 e. The second-order valence-electron chi connectivity index (χ2n) is 5.08. The van der Waals surface area contributed by atoms with E-state index in [1.165, 1.54) is 6.26 Å². The van der Waals surface area contributed by atoms with E-state index < -0.39 is 0 Å². The Balaban J connectivity index is 1.77. The molecule has 0 N–H and O–H groups in total. The summed E-state index contributed by atoms with van der Waals surface area (Å²) in [7, 11) is 0. The summed E-state index contributed by atoms with van der Waals surface area (Å²) < 4.78 is 5.38. The minimum Gasteiger partial charge on any atom is -0.444 e. The topological polar surface area (TPSA) is 95.1 Å². The number of hydrogen-bond donors (Lipinski definition) is 0. The lowest BCUT2D eigenvalue weighted by Gasteiger charge is -2.26. The van der Waals surface area contributed by atoms with E-state index in [9.17, 15) is 4.79 Å². The van der Waals surface area contributed by atoms with E-state index in [-0.39, 0.29) is 12.5 Å². The first-order chi connectivity index (χ1) is 10.8. The van der Waals surface area contributed by atoms with Crippen LogP contribution in [0.2, 0.25) is 0 Å². The van der Waals surface area contributed by atoms with Crippen molar-refractivity contribution in [1.82, 2.24) is 4.98 Å². The maximum absolute atomic E-state index is 11.9. The van der Waals surface area contributed by atoms with Crippen molar-refractivity contribution in [3.8, 4) is 11.5 Å². The molecular weight excluding hydrogens is 282 g/mol. The van der Waals surface area contributed by atoms with Crippen molar-refractivity contribution in [3.05, 3.63) is 46.7 Å². The van der Waals surface area contributed by atoms with Crippen LogP contribution in [0.1, 0.15) is 25.0 Å². The number of benzene rings is 1. The molecule has 0 saturated carbocycles. The number of aromatic nitrogens is 1. The maximum atomic E-state index is 11.9. The molecule has 1 aromatic heterocycles. The van der Waals surface area contributed by atoms with Crippen LogP contribution in [-0.4, -0.2) is 17.4 Å².